The van der Waals surface area contributed by atoms with Crippen molar-refractivity contribution in [2.24, 2.45) is 0 Å². The summed E-state index contributed by atoms with van der Waals surface area (Å²) in [6, 6.07) is 7.68. The van der Waals surface area contributed by atoms with Crippen LogP contribution in [0.2, 0.25) is 0 Å². The number of fused-ring (bicyclic) bond motifs is 3. The molecule has 0 amide bonds. The zero-order chi connectivity index (χ0) is 14.1. The maximum atomic E-state index is 11.8. The smallest absolute Gasteiger partial charge is 0.358 e. The van der Waals surface area contributed by atoms with Gasteiger partial charge in [0.05, 0.1) is 13.2 Å². The molecule has 0 saturated carbocycles. The fourth-order valence-electron chi connectivity index (χ4n) is 2.15. The van der Waals surface area contributed by atoms with E-state index in [9.17, 15) is 4.79 Å². The predicted octanol–water partition coefficient (Wildman–Crippen LogP) is 2.59. The minimum absolute atomic E-state index is 0.341. The summed E-state index contributed by atoms with van der Waals surface area (Å²) in [5.41, 5.74) is 2.15. The van der Waals surface area contributed by atoms with Crippen molar-refractivity contribution in [3.05, 3.63) is 39.2 Å². The molecule has 2 heterocycles. The molecule has 5 nitrogen and oxygen atoms in total. The number of carbonyl (C=O) groups is 1. The molecule has 0 saturated heterocycles. The number of rotatable bonds is 2. The summed E-state index contributed by atoms with van der Waals surface area (Å²) in [5, 5.41) is 4.37. The average molecular weight is 384 g/mol. The fourth-order valence-corrected chi connectivity index (χ4v) is 2.63. The number of ether oxygens (including phenoxy) is 2. The average Bonchev–Trinajstić information content (AvgIpc) is 2.78. The third-order valence-electron chi connectivity index (χ3n) is 3.03. The largest absolute Gasteiger partial charge is 0.491 e. The number of hydrogen-bond acceptors (Lipinski definition) is 4. The van der Waals surface area contributed by atoms with E-state index in [1.165, 1.54) is 0 Å². The van der Waals surface area contributed by atoms with E-state index in [2.05, 4.69) is 27.7 Å². The van der Waals surface area contributed by atoms with E-state index in [4.69, 9.17) is 9.47 Å². The number of aromatic nitrogens is 2. The Morgan fingerprint density at radius 2 is 2.35 bits per heavy atom. The van der Waals surface area contributed by atoms with Crippen molar-refractivity contribution in [1.82, 2.24) is 9.78 Å². The van der Waals surface area contributed by atoms with Crippen LogP contribution in [0.15, 0.2) is 24.3 Å². The first-order valence-electron chi connectivity index (χ1n) is 6.38. The van der Waals surface area contributed by atoms with Gasteiger partial charge in [0.15, 0.2) is 5.69 Å². The Morgan fingerprint density at radius 1 is 1.50 bits per heavy atom. The minimum Gasteiger partial charge on any atom is -0.491 e. The second-order valence-corrected chi connectivity index (χ2v) is 5.61. The molecule has 0 bridgehead atoms. The van der Waals surface area contributed by atoms with Crippen LogP contribution in [0.1, 0.15) is 23.1 Å². The van der Waals surface area contributed by atoms with Gasteiger partial charge in [0.2, 0.25) is 0 Å². The lowest BCUT2D eigenvalue weighted by molar-refractivity contribution is 0.0519. The lowest BCUT2D eigenvalue weighted by Gasteiger charge is -2.08. The van der Waals surface area contributed by atoms with Crippen LogP contribution in [0.5, 0.6) is 5.75 Å². The highest BCUT2D eigenvalue weighted by Crippen LogP contribution is 2.29. The molecule has 0 fully saturated rings. The number of hydrogen-bond donors (Lipinski definition) is 0. The Balaban J connectivity index is 2.09. The van der Waals surface area contributed by atoms with Gasteiger partial charge < -0.3 is 9.47 Å². The van der Waals surface area contributed by atoms with Crippen LogP contribution < -0.4 is 4.74 Å². The zero-order valence-electron chi connectivity index (χ0n) is 10.9. The third kappa shape index (κ3) is 2.39. The molecule has 3 rings (SSSR count). The third-order valence-corrected chi connectivity index (χ3v) is 3.70. The molecule has 1 aliphatic heterocycles. The molecule has 6 heteroatoms. The van der Waals surface area contributed by atoms with Crippen molar-refractivity contribution in [3.8, 4) is 11.4 Å². The molecule has 2 aromatic rings. The summed E-state index contributed by atoms with van der Waals surface area (Å²) in [6.45, 7) is 2.70. The molecule has 0 radical (unpaired) electrons. The number of nitrogens with zero attached hydrogens (tertiary/aromatic N) is 2. The van der Waals surface area contributed by atoms with Gasteiger partial charge in [0.25, 0.3) is 0 Å². The SMILES string of the molecule is CCOC(=O)c1cc2n(n1)-c1cc(I)ccc1OCC2. The monoisotopic (exact) mass is 384 g/mol. The van der Waals surface area contributed by atoms with Crippen molar-refractivity contribution in [1.29, 1.82) is 0 Å². The first-order chi connectivity index (χ1) is 9.69. The van der Waals surface area contributed by atoms with Crippen LogP contribution in [0.25, 0.3) is 5.69 Å². The molecule has 20 heavy (non-hydrogen) atoms. The van der Waals surface area contributed by atoms with E-state index in [-0.39, 0.29) is 5.97 Å². The van der Waals surface area contributed by atoms with E-state index in [1.807, 2.05) is 18.2 Å². The number of esters is 1. The van der Waals surface area contributed by atoms with Gasteiger partial charge in [-0.2, -0.15) is 5.10 Å². The van der Waals surface area contributed by atoms with Crippen molar-refractivity contribution in [2.75, 3.05) is 13.2 Å². The van der Waals surface area contributed by atoms with Gasteiger partial charge in [0, 0.05) is 15.7 Å². The predicted molar refractivity (Wildman–Crippen MR) is 81.4 cm³/mol. The van der Waals surface area contributed by atoms with E-state index in [1.54, 1.807) is 17.7 Å². The normalized spacial score (nSPS) is 12.9. The quantitative estimate of drug-likeness (QED) is 0.590. The summed E-state index contributed by atoms with van der Waals surface area (Å²) in [4.78, 5) is 11.8. The fraction of sp³-hybridized carbons (Fsp3) is 0.286. The summed E-state index contributed by atoms with van der Waals surface area (Å²) in [7, 11) is 0. The molecular weight excluding hydrogens is 371 g/mol. The highest BCUT2D eigenvalue weighted by molar-refractivity contribution is 14.1. The number of halogens is 1. The van der Waals surface area contributed by atoms with Crippen LogP contribution in [0.4, 0.5) is 0 Å². The Kier molecular flexibility index (Phi) is 3.64. The van der Waals surface area contributed by atoms with Crippen molar-refractivity contribution < 1.29 is 14.3 Å². The molecule has 0 aliphatic carbocycles. The summed E-state index contributed by atoms with van der Waals surface area (Å²) in [6.07, 6.45) is 0.706. The van der Waals surface area contributed by atoms with E-state index in [0.717, 1.165) is 20.7 Å². The Labute approximate surface area is 130 Å². The minimum atomic E-state index is -0.388. The second kappa shape index (κ2) is 5.43. The molecule has 0 unspecified atom stereocenters. The Bertz CT molecular complexity index is 666. The zero-order valence-corrected chi connectivity index (χ0v) is 13.1. The first-order valence-corrected chi connectivity index (χ1v) is 7.45. The maximum Gasteiger partial charge on any atom is 0.358 e. The molecule has 1 aromatic carbocycles. The van der Waals surface area contributed by atoms with Crippen molar-refractivity contribution in [2.45, 2.75) is 13.3 Å². The van der Waals surface area contributed by atoms with Gasteiger partial charge in [-0.25, -0.2) is 9.48 Å². The van der Waals surface area contributed by atoms with E-state index in [0.29, 0.717) is 25.3 Å². The van der Waals surface area contributed by atoms with Crippen molar-refractivity contribution in [3.63, 3.8) is 0 Å². The molecule has 1 aromatic heterocycles. The van der Waals surface area contributed by atoms with Gasteiger partial charge in [-0.3, -0.25) is 0 Å². The van der Waals surface area contributed by atoms with Crippen LogP contribution in [-0.4, -0.2) is 29.0 Å². The van der Waals surface area contributed by atoms with Gasteiger partial charge in [-0.1, -0.05) is 0 Å². The van der Waals surface area contributed by atoms with Crippen LogP contribution in [0.3, 0.4) is 0 Å². The molecule has 104 valence electrons. The van der Waals surface area contributed by atoms with E-state index < -0.39 is 0 Å². The standard InChI is InChI=1S/C14H13IN2O3/c1-2-19-14(18)11-8-10-5-6-20-13-4-3-9(15)7-12(13)17(10)16-11/h3-4,7-8H,2,5-6H2,1H3. The van der Waals surface area contributed by atoms with Gasteiger partial charge in [-0.05, 0) is 53.8 Å². The van der Waals surface area contributed by atoms with E-state index >= 15 is 0 Å². The lowest BCUT2D eigenvalue weighted by Crippen LogP contribution is -2.07. The summed E-state index contributed by atoms with van der Waals surface area (Å²) >= 11 is 2.24. The number of benzene rings is 1. The Morgan fingerprint density at radius 3 is 3.15 bits per heavy atom. The number of carbonyl (C=O) groups excluding carboxylic acids is 1. The van der Waals surface area contributed by atoms with Gasteiger partial charge in [0.1, 0.15) is 11.4 Å². The second-order valence-electron chi connectivity index (χ2n) is 4.36. The molecule has 0 N–H and O–H groups in total. The lowest BCUT2D eigenvalue weighted by atomic mass is 10.2. The molecule has 0 spiro atoms. The molecule has 0 atom stereocenters. The first kappa shape index (κ1) is 13.4. The summed E-state index contributed by atoms with van der Waals surface area (Å²) in [5.74, 6) is 0.392. The topological polar surface area (TPSA) is 53.4 Å². The Hall–Kier alpha value is -1.57. The van der Waals surface area contributed by atoms with Gasteiger partial charge in [-0.15, -0.1) is 0 Å². The summed E-state index contributed by atoms with van der Waals surface area (Å²) < 4.78 is 13.6. The molecular formula is C14H13IN2O3. The highest BCUT2D eigenvalue weighted by atomic mass is 127. The van der Waals surface area contributed by atoms with Crippen LogP contribution in [-0.2, 0) is 11.2 Å². The maximum absolute atomic E-state index is 11.8. The van der Waals surface area contributed by atoms with Crippen molar-refractivity contribution >= 4 is 28.6 Å². The highest BCUT2D eigenvalue weighted by Gasteiger charge is 2.21. The van der Waals surface area contributed by atoms with Crippen LogP contribution >= 0.6 is 22.6 Å². The van der Waals surface area contributed by atoms with Crippen LogP contribution in [0, 0.1) is 3.57 Å². The molecule has 1 aliphatic rings. The van der Waals surface area contributed by atoms with Gasteiger partial charge >= 0.3 is 5.97 Å².